The maximum atomic E-state index is 10.7. The van der Waals surface area contributed by atoms with Crippen LogP contribution in [0.1, 0.15) is 18.6 Å². The number of piperidine rings is 3. The number of aliphatic hydroxyl groups is 1. The molecule has 4 rings (SSSR count). The van der Waals surface area contributed by atoms with Gasteiger partial charge in [-0.2, -0.15) is 0 Å². The number of rotatable bonds is 1. The van der Waals surface area contributed by atoms with E-state index in [-0.39, 0.29) is 0 Å². The molecule has 0 saturated carbocycles. The lowest BCUT2D eigenvalue weighted by Crippen LogP contribution is -2.56. The molecule has 1 unspecified atom stereocenters. The second kappa shape index (κ2) is 3.34. The molecule has 3 nitrogen and oxygen atoms in total. The number of hydrogen-bond acceptors (Lipinski definition) is 3. The van der Waals surface area contributed by atoms with Gasteiger partial charge in [-0.05, 0) is 59.9 Å². The summed E-state index contributed by atoms with van der Waals surface area (Å²) in [5.41, 5.74) is -0.761. The Morgan fingerprint density at radius 1 is 1.40 bits per heavy atom. The predicted octanol–water partition coefficient (Wildman–Crippen LogP) is 1.96. The Morgan fingerprint density at radius 3 is 2.60 bits per heavy atom. The van der Waals surface area contributed by atoms with Crippen LogP contribution in [-0.2, 0) is 5.60 Å². The molecular weight excluding hydrogens is 258 g/mol. The summed E-state index contributed by atoms with van der Waals surface area (Å²) in [4.78, 5) is 2.32. The highest BCUT2D eigenvalue weighted by Gasteiger charge is 2.48. The average Bonchev–Trinajstić information content (AvgIpc) is 2.67. The van der Waals surface area contributed by atoms with Crippen molar-refractivity contribution in [1.29, 1.82) is 0 Å². The van der Waals surface area contributed by atoms with Crippen LogP contribution in [0.2, 0.25) is 0 Å². The van der Waals surface area contributed by atoms with Gasteiger partial charge >= 0.3 is 0 Å². The fourth-order valence-corrected chi connectivity index (χ4v) is 3.17. The van der Waals surface area contributed by atoms with Crippen LogP contribution in [0.4, 0.5) is 0 Å². The second-order valence-corrected chi connectivity index (χ2v) is 5.36. The lowest BCUT2D eigenvalue weighted by atomic mass is 9.74. The van der Waals surface area contributed by atoms with Crippen molar-refractivity contribution in [2.45, 2.75) is 18.4 Å². The third kappa shape index (κ3) is 1.47. The molecule has 4 heterocycles. The number of hydrogen-bond donors (Lipinski definition) is 1. The smallest absolute Gasteiger partial charge is 0.169 e. The number of nitrogens with zero attached hydrogens (tertiary/aromatic N) is 1. The van der Waals surface area contributed by atoms with E-state index >= 15 is 0 Å². The highest BCUT2D eigenvalue weighted by molar-refractivity contribution is 9.10. The summed E-state index contributed by atoms with van der Waals surface area (Å²) >= 11 is 3.28. The lowest BCUT2D eigenvalue weighted by Gasteiger charge is -2.49. The first-order chi connectivity index (χ1) is 7.18. The Balaban J connectivity index is 1.96. The van der Waals surface area contributed by atoms with Gasteiger partial charge in [0.25, 0.3) is 0 Å². The molecule has 0 radical (unpaired) electrons. The van der Waals surface area contributed by atoms with Crippen LogP contribution in [-0.4, -0.2) is 29.6 Å². The average molecular weight is 272 g/mol. The molecule has 4 heteroatoms. The van der Waals surface area contributed by atoms with Crippen molar-refractivity contribution < 1.29 is 9.52 Å². The molecule has 1 aromatic heterocycles. The molecule has 3 aliphatic heterocycles. The molecule has 3 aliphatic rings. The van der Waals surface area contributed by atoms with Gasteiger partial charge in [-0.3, -0.25) is 4.90 Å². The van der Waals surface area contributed by atoms with Crippen molar-refractivity contribution in [2.75, 3.05) is 19.6 Å². The fourth-order valence-electron chi connectivity index (χ4n) is 2.86. The Hall–Kier alpha value is -0.320. The maximum absolute atomic E-state index is 10.7. The zero-order valence-electron chi connectivity index (χ0n) is 8.45. The van der Waals surface area contributed by atoms with E-state index in [1.54, 1.807) is 0 Å². The van der Waals surface area contributed by atoms with Gasteiger partial charge in [-0.1, -0.05) is 0 Å². The van der Waals surface area contributed by atoms with Crippen LogP contribution in [0.5, 0.6) is 0 Å². The van der Waals surface area contributed by atoms with Crippen LogP contribution < -0.4 is 0 Å². The van der Waals surface area contributed by atoms with E-state index in [9.17, 15) is 5.11 Å². The van der Waals surface area contributed by atoms with Gasteiger partial charge in [0.15, 0.2) is 4.67 Å². The largest absolute Gasteiger partial charge is 0.451 e. The van der Waals surface area contributed by atoms with Crippen LogP contribution in [0, 0.1) is 5.92 Å². The SMILES string of the molecule is OC1(c2ccc(Br)o2)CN2CCC1CC2. The minimum Gasteiger partial charge on any atom is -0.451 e. The maximum Gasteiger partial charge on any atom is 0.169 e. The lowest BCUT2D eigenvalue weighted by molar-refractivity contribution is -0.129. The number of fused-ring (bicyclic) bond motifs is 3. The summed E-state index contributed by atoms with van der Waals surface area (Å²) in [6.07, 6.45) is 2.16. The summed E-state index contributed by atoms with van der Waals surface area (Å²) < 4.78 is 6.22. The monoisotopic (exact) mass is 271 g/mol. The Labute approximate surface area is 97.2 Å². The van der Waals surface area contributed by atoms with E-state index in [4.69, 9.17) is 4.42 Å². The van der Waals surface area contributed by atoms with Gasteiger partial charge in [0.1, 0.15) is 11.4 Å². The number of furan rings is 1. The van der Waals surface area contributed by atoms with Gasteiger partial charge in [-0.25, -0.2) is 0 Å². The zero-order valence-corrected chi connectivity index (χ0v) is 10.0. The molecular formula is C11H14BrNO2. The topological polar surface area (TPSA) is 36.6 Å². The Kier molecular flexibility index (Phi) is 2.20. The molecule has 15 heavy (non-hydrogen) atoms. The van der Waals surface area contributed by atoms with Crippen LogP contribution >= 0.6 is 15.9 Å². The quantitative estimate of drug-likeness (QED) is 0.849. The van der Waals surface area contributed by atoms with Crippen molar-refractivity contribution in [3.8, 4) is 0 Å². The van der Waals surface area contributed by atoms with Crippen LogP contribution in [0.25, 0.3) is 0 Å². The van der Waals surface area contributed by atoms with E-state index in [0.717, 1.165) is 32.5 Å². The van der Waals surface area contributed by atoms with Gasteiger partial charge in [-0.15, -0.1) is 0 Å². The molecule has 0 amide bonds. The van der Waals surface area contributed by atoms with Crippen molar-refractivity contribution in [3.63, 3.8) is 0 Å². The normalized spacial score (nSPS) is 39.6. The summed E-state index contributed by atoms with van der Waals surface area (Å²) in [7, 11) is 0. The zero-order chi connectivity index (χ0) is 10.5. The molecule has 3 saturated heterocycles. The Bertz CT molecular complexity index is 370. The number of halogens is 1. The van der Waals surface area contributed by atoms with Crippen molar-refractivity contribution in [2.24, 2.45) is 5.92 Å². The second-order valence-electron chi connectivity index (χ2n) is 4.58. The van der Waals surface area contributed by atoms with Crippen LogP contribution in [0.3, 0.4) is 0 Å². The fraction of sp³-hybridized carbons (Fsp3) is 0.636. The van der Waals surface area contributed by atoms with Gasteiger partial charge < -0.3 is 9.52 Å². The summed E-state index contributed by atoms with van der Waals surface area (Å²) in [5.74, 6) is 1.07. The Morgan fingerprint density at radius 2 is 2.13 bits per heavy atom. The van der Waals surface area contributed by atoms with E-state index < -0.39 is 5.60 Å². The minimum atomic E-state index is -0.761. The predicted molar refractivity (Wildman–Crippen MR) is 59.5 cm³/mol. The van der Waals surface area contributed by atoms with Gasteiger partial charge in [0, 0.05) is 6.54 Å². The van der Waals surface area contributed by atoms with Crippen molar-refractivity contribution >= 4 is 15.9 Å². The summed E-state index contributed by atoms with van der Waals surface area (Å²) in [6.45, 7) is 2.96. The molecule has 82 valence electrons. The van der Waals surface area contributed by atoms with Gasteiger partial charge in [0.2, 0.25) is 0 Å². The highest BCUT2D eigenvalue weighted by Crippen LogP contribution is 2.43. The first-order valence-electron chi connectivity index (χ1n) is 5.39. The van der Waals surface area contributed by atoms with Crippen LogP contribution in [0.15, 0.2) is 21.2 Å². The molecule has 1 atom stereocenters. The highest BCUT2D eigenvalue weighted by atomic mass is 79.9. The van der Waals surface area contributed by atoms with E-state index in [1.165, 1.54) is 0 Å². The third-order valence-electron chi connectivity index (χ3n) is 3.73. The van der Waals surface area contributed by atoms with E-state index in [1.807, 2.05) is 12.1 Å². The van der Waals surface area contributed by atoms with Crippen molar-refractivity contribution in [3.05, 3.63) is 22.6 Å². The first-order valence-corrected chi connectivity index (χ1v) is 6.18. The standard InChI is InChI=1S/C11H14BrNO2/c12-10-2-1-9(15-10)11(14)7-13-5-3-8(11)4-6-13/h1-2,8,14H,3-7H2. The molecule has 1 aromatic rings. The molecule has 1 N–H and O–H groups in total. The van der Waals surface area contributed by atoms with E-state index in [2.05, 4.69) is 20.8 Å². The summed E-state index contributed by atoms with van der Waals surface area (Å²) in [5, 5.41) is 10.7. The minimum absolute atomic E-state index is 0.362. The van der Waals surface area contributed by atoms with Crippen molar-refractivity contribution in [1.82, 2.24) is 4.90 Å². The molecule has 0 aromatic carbocycles. The molecule has 2 bridgehead atoms. The third-order valence-corrected chi connectivity index (χ3v) is 4.15. The molecule has 0 aliphatic carbocycles. The molecule has 3 fully saturated rings. The summed E-state index contributed by atoms with van der Waals surface area (Å²) in [6, 6.07) is 3.73. The van der Waals surface area contributed by atoms with Gasteiger partial charge in [0.05, 0.1) is 0 Å². The first kappa shape index (κ1) is 9.87. The molecule has 0 spiro atoms. The van der Waals surface area contributed by atoms with E-state index in [0.29, 0.717) is 16.3 Å².